The molecule has 9 nitrogen and oxygen atoms in total. The Balaban J connectivity index is 1.79. The first-order chi connectivity index (χ1) is 14.0. The third-order valence-corrected chi connectivity index (χ3v) is 4.14. The topological polar surface area (TPSA) is 93.7 Å². The first-order valence-corrected chi connectivity index (χ1v) is 8.85. The van der Waals surface area contributed by atoms with Crippen molar-refractivity contribution in [2.75, 3.05) is 51.0 Å². The number of aromatic nitrogens is 3. The molecule has 0 fully saturated rings. The molecule has 1 aromatic heterocycles. The lowest BCUT2D eigenvalue weighted by Gasteiger charge is -2.15. The molecule has 1 heterocycles. The standard InChI is InChI=1S/C20H24N6O3/c1-26(2)15-8-6-13(7-9-15)23-20-24-18(12-21-25-20)22-14-10-16(27-3)19(29-5)17(11-14)28-4/h6-12H,1-5H3,(H2,22,23,24,25). The Kier molecular flexibility index (Phi) is 6.18. The third kappa shape index (κ3) is 4.75. The van der Waals surface area contributed by atoms with Gasteiger partial charge in [-0.3, -0.25) is 0 Å². The average Bonchev–Trinajstić information content (AvgIpc) is 2.73. The number of benzene rings is 2. The summed E-state index contributed by atoms with van der Waals surface area (Å²) in [6.45, 7) is 0. The van der Waals surface area contributed by atoms with E-state index in [2.05, 4.69) is 25.8 Å². The summed E-state index contributed by atoms with van der Waals surface area (Å²) in [6, 6.07) is 11.5. The van der Waals surface area contributed by atoms with Crippen molar-refractivity contribution in [3.8, 4) is 17.2 Å². The van der Waals surface area contributed by atoms with E-state index in [9.17, 15) is 0 Å². The van der Waals surface area contributed by atoms with Crippen molar-refractivity contribution in [1.82, 2.24) is 15.2 Å². The zero-order valence-corrected chi connectivity index (χ0v) is 17.1. The van der Waals surface area contributed by atoms with E-state index in [1.54, 1.807) is 33.5 Å². The van der Waals surface area contributed by atoms with E-state index in [1.807, 2.05) is 43.3 Å². The van der Waals surface area contributed by atoms with Crippen LogP contribution in [0.5, 0.6) is 17.2 Å². The SMILES string of the molecule is COc1cc(Nc2cnnc(Nc3ccc(N(C)C)cc3)n2)cc(OC)c1OC. The summed E-state index contributed by atoms with van der Waals surface area (Å²) >= 11 is 0. The van der Waals surface area contributed by atoms with E-state index in [0.717, 1.165) is 11.4 Å². The second kappa shape index (κ2) is 8.96. The van der Waals surface area contributed by atoms with Crippen molar-refractivity contribution >= 4 is 28.8 Å². The predicted molar refractivity (Wildman–Crippen MR) is 113 cm³/mol. The van der Waals surface area contributed by atoms with E-state index in [0.29, 0.717) is 34.7 Å². The van der Waals surface area contributed by atoms with Crippen molar-refractivity contribution in [2.45, 2.75) is 0 Å². The molecule has 0 amide bonds. The summed E-state index contributed by atoms with van der Waals surface area (Å²) < 4.78 is 16.1. The van der Waals surface area contributed by atoms with Crippen molar-refractivity contribution in [1.29, 1.82) is 0 Å². The molecule has 9 heteroatoms. The van der Waals surface area contributed by atoms with Crippen LogP contribution in [0, 0.1) is 0 Å². The van der Waals surface area contributed by atoms with Crippen LogP contribution in [0.15, 0.2) is 42.6 Å². The fraction of sp³-hybridized carbons (Fsp3) is 0.250. The van der Waals surface area contributed by atoms with Gasteiger partial charge in [0.05, 0.1) is 27.5 Å². The first kappa shape index (κ1) is 20.0. The molecule has 0 spiro atoms. The lowest BCUT2D eigenvalue weighted by Crippen LogP contribution is -2.08. The highest BCUT2D eigenvalue weighted by atomic mass is 16.5. The summed E-state index contributed by atoms with van der Waals surface area (Å²) in [5, 5.41) is 14.4. The van der Waals surface area contributed by atoms with Gasteiger partial charge in [-0.2, -0.15) is 10.1 Å². The molecule has 2 N–H and O–H groups in total. The van der Waals surface area contributed by atoms with Crippen LogP contribution in [-0.4, -0.2) is 50.6 Å². The molecule has 3 aromatic rings. The number of ether oxygens (including phenoxy) is 3. The average molecular weight is 396 g/mol. The summed E-state index contributed by atoms with van der Waals surface area (Å²) in [5.41, 5.74) is 2.68. The minimum absolute atomic E-state index is 0.375. The molecular weight excluding hydrogens is 372 g/mol. The maximum absolute atomic E-state index is 5.38. The summed E-state index contributed by atoms with van der Waals surface area (Å²) in [7, 11) is 8.68. The number of nitrogens with one attached hydrogen (secondary N) is 2. The molecule has 0 aliphatic rings. The molecule has 0 unspecified atom stereocenters. The van der Waals surface area contributed by atoms with Crippen LogP contribution in [0.4, 0.5) is 28.8 Å². The van der Waals surface area contributed by atoms with Crippen molar-refractivity contribution in [2.24, 2.45) is 0 Å². The van der Waals surface area contributed by atoms with Crippen molar-refractivity contribution in [3.05, 3.63) is 42.6 Å². The fourth-order valence-electron chi connectivity index (χ4n) is 2.69. The van der Waals surface area contributed by atoms with Crippen molar-refractivity contribution < 1.29 is 14.2 Å². The Bertz CT molecular complexity index is 938. The van der Waals surface area contributed by atoms with Gasteiger partial charge in [0, 0.05) is 43.3 Å². The zero-order chi connectivity index (χ0) is 20.8. The molecule has 29 heavy (non-hydrogen) atoms. The smallest absolute Gasteiger partial charge is 0.249 e. The van der Waals surface area contributed by atoms with E-state index in [-0.39, 0.29) is 0 Å². The van der Waals surface area contributed by atoms with Gasteiger partial charge in [0.1, 0.15) is 0 Å². The van der Waals surface area contributed by atoms with Gasteiger partial charge in [0.15, 0.2) is 17.3 Å². The summed E-state index contributed by atoms with van der Waals surface area (Å²) in [4.78, 5) is 6.49. The number of hydrogen-bond acceptors (Lipinski definition) is 9. The predicted octanol–water partition coefficient (Wildman–Crippen LogP) is 3.45. The zero-order valence-electron chi connectivity index (χ0n) is 17.1. The minimum Gasteiger partial charge on any atom is -0.493 e. The normalized spacial score (nSPS) is 10.2. The molecular formula is C20H24N6O3. The van der Waals surface area contributed by atoms with Crippen LogP contribution in [0.2, 0.25) is 0 Å². The molecule has 2 aromatic carbocycles. The maximum Gasteiger partial charge on any atom is 0.249 e. The van der Waals surface area contributed by atoms with Gasteiger partial charge in [-0.25, -0.2) is 0 Å². The van der Waals surface area contributed by atoms with E-state index < -0.39 is 0 Å². The van der Waals surface area contributed by atoms with Gasteiger partial charge in [-0.1, -0.05) is 0 Å². The molecule has 0 radical (unpaired) electrons. The Hall–Kier alpha value is -3.75. The molecule has 0 bridgehead atoms. The quantitative estimate of drug-likeness (QED) is 0.594. The minimum atomic E-state index is 0.375. The number of anilines is 5. The summed E-state index contributed by atoms with van der Waals surface area (Å²) in [6.07, 6.45) is 1.53. The summed E-state index contributed by atoms with van der Waals surface area (Å²) in [5.74, 6) is 2.48. The highest BCUT2D eigenvalue weighted by molar-refractivity contribution is 5.67. The lowest BCUT2D eigenvalue weighted by molar-refractivity contribution is 0.324. The van der Waals surface area contributed by atoms with Crippen LogP contribution in [-0.2, 0) is 0 Å². The molecule has 0 saturated heterocycles. The van der Waals surface area contributed by atoms with E-state index in [4.69, 9.17) is 14.2 Å². The second-order valence-electron chi connectivity index (χ2n) is 6.27. The molecule has 152 valence electrons. The van der Waals surface area contributed by atoms with Gasteiger partial charge < -0.3 is 29.7 Å². The van der Waals surface area contributed by atoms with Gasteiger partial charge in [-0.15, -0.1) is 5.10 Å². The van der Waals surface area contributed by atoms with Crippen LogP contribution in [0.3, 0.4) is 0 Å². The maximum atomic E-state index is 5.38. The lowest BCUT2D eigenvalue weighted by atomic mass is 10.2. The third-order valence-electron chi connectivity index (χ3n) is 4.14. The van der Waals surface area contributed by atoms with E-state index >= 15 is 0 Å². The van der Waals surface area contributed by atoms with Crippen LogP contribution < -0.4 is 29.7 Å². The van der Waals surface area contributed by atoms with E-state index in [1.165, 1.54) is 6.20 Å². The van der Waals surface area contributed by atoms with Crippen LogP contribution in [0.25, 0.3) is 0 Å². The number of rotatable bonds is 8. The molecule has 0 atom stereocenters. The number of nitrogens with zero attached hydrogens (tertiary/aromatic N) is 4. The highest BCUT2D eigenvalue weighted by Crippen LogP contribution is 2.40. The Labute approximate surface area is 169 Å². The molecule has 0 aliphatic carbocycles. The Morgan fingerprint density at radius 2 is 1.48 bits per heavy atom. The fourth-order valence-corrected chi connectivity index (χ4v) is 2.69. The second-order valence-corrected chi connectivity index (χ2v) is 6.27. The largest absolute Gasteiger partial charge is 0.493 e. The molecule has 3 rings (SSSR count). The molecule has 0 saturated carbocycles. The van der Waals surface area contributed by atoms with Gasteiger partial charge in [0.2, 0.25) is 11.7 Å². The first-order valence-electron chi connectivity index (χ1n) is 8.85. The highest BCUT2D eigenvalue weighted by Gasteiger charge is 2.14. The van der Waals surface area contributed by atoms with Crippen LogP contribution in [0.1, 0.15) is 0 Å². The Morgan fingerprint density at radius 1 is 0.828 bits per heavy atom. The number of methoxy groups -OCH3 is 3. The Morgan fingerprint density at radius 3 is 2.03 bits per heavy atom. The van der Waals surface area contributed by atoms with Gasteiger partial charge in [-0.05, 0) is 24.3 Å². The monoisotopic (exact) mass is 396 g/mol. The molecule has 0 aliphatic heterocycles. The number of hydrogen-bond donors (Lipinski definition) is 2. The van der Waals surface area contributed by atoms with Gasteiger partial charge in [0.25, 0.3) is 0 Å². The van der Waals surface area contributed by atoms with Crippen LogP contribution >= 0.6 is 0 Å². The van der Waals surface area contributed by atoms with Crippen molar-refractivity contribution in [3.63, 3.8) is 0 Å². The van der Waals surface area contributed by atoms with Gasteiger partial charge >= 0.3 is 0 Å².